The summed E-state index contributed by atoms with van der Waals surface area (Å²) >= 11 is 6.14. The fourth-order valence-electron chi connectivity index (χ4n) is 4.37. The second-order valence-electron chi connectivity index (χ2n) is 8.41. The number of anilines is 1. The number of aromatic nitrogens is 3. The quantitative estimate of drug-likeness (QED) is 0.493. The van der Waals surface area contributed by atoms with Crippen LogP contribution in [0.4, 0.5) is 5.69 Å². The van der Waals surface area contributed by atoms with Crippen molar-refractivity contribution in [1.29, 1.82) is 0 Å². The van der Waals surface area contributed by atoms with Gasteiger partial charge in [0.1, 0.15) is 18.2 Å². The molecule has 1 N–H and O–H groups in total. The number of para-hydroxylation sites is 1. The first-order valence-corrected chi connectivity index (χ1v) is 12.2. The Labute approximate surface area is 200 Å². The molecule has 0 spiro atoms. The number of piperazine rings is 1. The van der Waals surface area contributed by atoms with E-state index in [1.54, 1.807) is 14.1 Å². The van der Waals surface area contributed by atoms with E-state index in [-0.39, 0.29) is 5.69 Å². The molecule has 7 nitrogen and oxygen atoms in total. The Morgan fingerprint density at radius 2 is 1.85 bits per heavy atom. The van der Waals surface area contributed by atoms with Gasteiger partial charge in [-0.2, -0.15) is 5.10 Å². The topological polar surface area (TPSA) is 56.7 Å². The lowest BCUT2D eigenvalue weighted by Crippen LogP contribution is -3.14. The number of halogens is 1. The summed E-state index contributed by atoms with van der Waals surface area (Å²) in [6, 6.07) is 17.8. The lowest BCUT2D eigenvalue weighted by atomic mass is 10.2. The minimum Gasteiger partial charge on any atom is -0.492 e. The van der Waals surface area contributed by atoms with E-state index in [4.69, 9.17) is 16.3 Å². The molecule has 0 atom stereocenters. The van der Waals surface area contributed by atoms with Crippen LogP contribution in [-0.2, 0) is 19.5 Å². The molecule has 0 bridgehead atoms. The molecule has 2 aromatic carbocycles. The molecule has 0 aliphatic carbocycles. The summed E-state index contributed by atoms with van der Waals surface area (Å²) in [5.41, 5.74) is 1.16. The molecule has 1 aromatic heterocycles. The molecule has 176 valence electrons. The first-order valence-electron chi connectivity index (χ1n) is 11.8. The average molecular weight is 471 g/mol. The average Bonchev–Trinajstić information content (AvgIpc) is 3.15. The molecule has 4 rings (SSSR count). The third kappa shape index (κ3) is 6.18. The van der Waals surface area contributed by atoms with Gasteiger partial charge in [-0.15, -0.1) is 0 Å². The maximum Gasteiger partial charge on any atom is 0.346 e. The van der Waals surface area contributed by atoms with Crippen LogP contribution in [0.3, 0.4) is 0 Å². The minimum absolute atomic E-state index is 0.0377. The fourth-order valence-corrected chi connectivity index (χ4v) is 4.56. The Morgan fingerprint density at radius 1 is 1.06 bits per heavy atom. The summed E-state index contributed by atoms with van der Waals surface area (Å²) in [7, 11) is 0. The van der Waals surface area contributed by atoms with Gasteiger partial charge in [0, 0.05) is 23.6 Å². The van der Waals surface area contributed by atoms with Crippen molar-refractivity contribution in [3.8, 4) is 5.75 Å². The van der Waals surface area contributed by atoms with E-state index in [2.05, 4.69) is 16.1 Å². The molecule has 3 aromatic rings. The van der Waals surface area contributed by atoms with Gasteiger partial charge in [0.2, 0.25) is 0 Å². The normalized spacial score (nSPS) is 14.5. The molecule has 1 aliphatic rings. The minimum atomic E-state index is -0.0377. The van der Waals surface area contributed by atoms with Crippen molar-refractivity contribution in [2.75, 3.05) is 44.2 Å². The maximum atomic E-state index is 12.9. The zero-order valence-corrected chi connectivity index (χ0v) is 20.0. The number of nitrogens with one attached hydrogen (secondary N) is 1. The summed E-state index contributed by atoms with van der Waals surface area (Å²) in [6.07, 6.45) is 1.66. The lowest BCUT2D eigenvalue weighted by Gasteiger charge is -2.33. The highest BCUT2D eigenvalue weighted by atomic mass is 35.5. The largest absolute Gasteiger partial charge is 0.492 e. The highest BCUT2D eigenvalue weighted by molar-refractivity contribution is 6.30. The Balaban J connectivity index is 1.24. The SMILES string of the molecule is CCc1nn(CCC[NH+]2CCN(c3cccc(Cl)c3)CC2)c(=O)n1CCOc1ccccc1. The molecule has 0 saturated carbocycles. The summed E-state index contributed by atoms with van der Waals surface area (Å²) < 4.78 is 9.15. The predicted octanol–water partition coefficient (Wildman–Crippen LogP) is 2.13. The second-order valence-corrected chi connectivity index (χ2v) is 8.85. The molecular weight excluding hydrogens is 438 g/mol. The zero-order chi connectivity index (χ0) is 23.0. The second kappa shape index (κ2) is 11.4. The first-order chi connectivity index (χ1) is 16.1. The molecule has 1 aliphatic heterocycles. The highest BCUT2D eigenvalue weighted by Gasteiger charge is 2.20. The monoisotopic (exact) mass is 470 g/mol. The first kappa shape index (κ1) is 23.4. The number of hydrogen-bond donors (Lipinski definition) is 1. The Bertz CT molecular complexity index is 1070. The number of benzene rings is 2. The van der Waals surface area contributed by atoms with Crippen molar-refractivity contribution in [1.82, 2.24) is 14.3 Å². The number of hydrogen-bond acceptors (Lipinski definition) is 4. The van der Waals surface area contributed by atoms with Gasteiger partial charge in [0.15, 0.2) is 0 Å². The van der Waals surface area contributed by atoms with Crippen LogP contribution >= 0.6 is 11.6 Å². The maximum absolute atomic E-state index is 12.9. The van der Waals surface area contributed by atoms with Gasteiger partial charge in [0.25, 0.3) is 0 Å². The number of nitrogens with zero attached hydrogens (tertiary/aromatic N) is 4. The van der Waals surface area contributed by atoms with Crippen molar-refractivity contribution >= 4 is 17.3 Å². The van der Waals surface area contributed by atoms with E-state index < -0.39 is 0 Å². The van der Waals surface area contributed by atoms with E-state index in [9.17, 15) is 4.79 Å². The van der Waals surface area contributed by atoms with E-state index >= 15 is 0 Å². The van der Waals surface area contributed by atoms with Gasteiger partial charge < -0.3 is 14.5 Å². The van der Waals surface area contributed by atoms with Gasteiger partial charge in [-0.3, -0.25) is 4.57 Å². The number of ether oxygens (including phenoxy) is 1. The van der Waals surface area contributed by atoms with E-state index in [1.165, 1.54) is 5.69 Å². The summed E-state index contributed by atoms with van der Waals surface area (Å²) in [5, 5.41) is 5.36. The third-order valence-corrected chi connectivity index (χ3v) is 6.42. The molecule has 1 fully saturated rings. The number of rotatable bonds is 10. The van der Waals surface area contributed by atoms with Crippen molar-refractivity contribution in [2.45, 2.75) is 32.9 Å². The predicted molar refractivity (Wildman–Crippen MR) is 132 cm³/mol. The number of aryl methyl sites for hydroxylation is 2. The van der Waals surface area contributed by atoms with Crippen LogP contribution in [0.25, 0.3) is 0 Å². The van der Waals surface area contributed by atoms with E-state index in [0.29, 0.717) is 19.7 Å². The Hall–Kier alpha value is -2.77. The van der Waals surface area contributed by atoms with Crippen molar-refractivity contribution in [3.63, 3.8) is 0 Å². The van der Waals surface area contributed by atoms with Crippen LogP contribution in [0.1, 0.15) is 19.2 Å². The Morgan fingerprint density at radius 3 is 2.58 bits per heavy atom. The summed E-state index contributed by atoms with van der Waals surface area (Å²) in [6.45, 7) is 8.90. The van der Waals surface area contributed by atoms with Crippen LogP contribution in [0.2, 0.25) is 5.02 Å². The summed E-state index contributed by atoms with van der Waals surface area (Å²) in [5.74, 6) is 1.63. The third-order valence-electron chi connectivity index (χ3n) is 6.19. The van der Waals surface area contributed by atoms with Crippen LogP contribution in [0.5, 0.6) is 5.75 Å². The van der Waals surface area contributed by atoms with Crippen LogP contribution in [0.15, 0.2) is 59.4 Å². The molecule has 1 saturated heterocycles. The molecule has 2 heterocycles. The Kier molecular flexibility index (Phi) is 8.07. The van der Waals surface area contributed by atoms with Crippen LogP contribution in [0, 0.1) is 0 Å². The smallest absolute Gasteiger partial charge is 0.346 e. The molecule has 0 unspecified atom stereocenters. The van der Waals surface area contributed by atoms with Crippen LogP contribution < -0.4 is 20.2 Å². The van der Waals surface area contributed by atoms with Gasteiger partial charge in [-0.1, -0.05) is 42.8 Å². The highest BCUT2D eigenvalue weighted by Crippen LogP contribution is 2.19. The van der Waals surface area contributed by atoms with Crippen molar-refractivity contribution in [3.05, 3.63) is 75.9 Å². The molecule has 0 radical (unpaired) electrons. The van der Waals surface area contributed by atoms with Crippen molar-refractivity contribution < 1.29 is 9.64 Å². The van der Waals surface area contributed by atoms with Crippen LogP contribution in [-0.4, -0.2) is 53.7 Å². The fraction of sp³-hybridized carbons (Fsp3) is 0.440. The van der Waals surface area contributed by atoms with Gasteiger partial charge in [-0.05, 0) is 30.3 Å². The lowest BCUT2D eigenvalue weighted by molar-refractivity contribution is -0.900. The van der Waals surface area contributed by atoms with Gasteiger partial charge >= 0.3 is 5.69 Å². The molecule has 8 heteroatoms. The zero-order valence-electron chi connectivity index (χ0n) is 19.3. The van der Waals surface area contributed by atoms with Crippen molar-refractivity contribution in [2.24, 2.45) is 0 Å². The number of quaternary nitrogens is 1. The molecule has 33 heavy (non-hydrogen) atoms. The van der Waals surface area contributed by atoms with E-state index in [0.717, 1.165) is 62.2 Å². The molecule has 0 amide bonds. The molecular formula is C25H33ClN5O2+. The van der Waals surface area contributed by atoms with Gasteiger partial charge in [0.05, 0.1) is 45.8 Å². The standard InChI is InChI=1S/C25H32ClN5O2/c1-2-24-27-31(25(32)30(24)18-19-33-23-10-4-3-5-11-23)13-7-12-28-14-16-29(17-15-28)22-9-6-8-21(26)20-22/h3-6,8-11,20H,2,7,12-19H2,1H3/p+1. The van der Waals surface area contributed by atoms with E-state index in [1.807, 2.05) is 55.5 Å². The summed E-state index contributed by atoms with van der Waals surface area (Å²) in [4.78, 5) is 16.9. The van der Waals surface area contributed by atoms with Gasteiger partial charge in [-0.25, -0.2) is 9.48 Å².